The molecule has 0 aliphatic heterocycles. The lowest BCUT2D eigenvalue weighted by Gasteiger charge is -2.08. The van der Waals surface area contributed by atoms with Crippen molar-refractivity contribution in [1.82, 2.24) is 10.2 Å². The molecule has 1 amide bonds. The first-order valence-electron chi connectivity index (χ1n) is 8.76. The lowest BCUT2D eigenvalue weighted by molar-refractivity contribution is -0.115. The normalized spacial score (nSPS) is 10.4. The molecule has 27 heavy (non-hydrogen) atoms. The minimum absolute atomic E-state index is 0.111. The maximum absolute atomic E-state index is 12.2. The van der Waals surface area contributed by atoms with Gasteiger partial charge in [0.2, 0.25) is 5.91 Å². The van der Waals surface area contributed by atoms with E-state index in [1.54, 1.807) is 12.1 Å². The third kappa shape index (κ3) is 5.79. The zero-order valence-electron chi connectivity index (χ0n) is 15.1. The second-order valence-electron chi connectivity index (χ2n) is 6.26. The van der Waals surface area contributed by atoms with Crippen LogP contribution < -0.4 is 10.6 Å². The Kier molecular flexibility index (Phi) is 6.39. The molecule has 0 saturated carbocycles. The summed E-state index contributed by atoms with van der Waals surface area (Å²) in [5, 5.41) is 14.9. The van der Waals surface area contributed by atoms with Crippen molar-refractivity contribution in [3.8, 4) is 0 Å². The number of halogens is 1. The SMILES string of the molecule is Cc1ccccc1CC(=O)Nc1ccc(NCCc2cccc(Cl)c2)nn1. The Hall–Kier alpha value is -2.92. The van der Waals surface area contributed by atoms with E-state index in [2.05, 4.69) is 20.8 Å². The van der Waals surface area contributed by atoms with Gasteiger partial charge >= 0.3 is 0 Å². The van der Waals surface area contributed by atoms with Crippen LogP contribution in [-0.4, -0.2) is 22.6 Å². The molecule has 0 unspecified atom stereocenters. The summed E-state index contributed by atoms with van der Waals surface area (Å²) in [6.07, 6.45) is 1.14. The molecule has 0 aliphatic carbocycles. The van der Waals surface area contributed by atoms with E-state index < -0.39 is 0 Å². The van der Waals surface area contributed by atoms with Gasteiger partial charge < -0.3 is 10.6 Å². The molecule has 1 heterocycles. The number of aryl methyl sites for hydroxylation is 1. The van der Waals surface area contributed by atoms with Gasteiger partial charge in [-0.25, -0.2) is 0 Å². The van der Waals surface area contributed by atoms with Crippen molar-refractivity contribution in [3.05, 3.63) is 82.4 Å². The number of nitrogens with one attached hydrogen (secondary N) is 2. The van der Waals surface area contributed by atoms with Crippen LogP contribution >= 0.6 is 11.6 Å². The minimum Gasteiger partial charge on any atom is -0.368 e. The Labute approximate surface area is 163 Å². The van der Waals surface area contributed by atoms with Gasteiger partial charge in [0, 0.05) is 11.6 Å². The van der Waals surface area contributed by atoms with Crippen molar-refractivity contribution in [2.75, 3.05) is 17.2 Å². The molecule has 138 valence electrons. The van der Waals surface area contributed by atoms with E-state index in [1.807, 2.05) is 55.5 Å². The van der Waals surface area contributed by atoms with E-state index in [-0.39, 0.29) is 5.91 Å². The Morgan fingerprint density at radius 1 is 1.00 bits per heavy atom. The fraction of sp³-hybridized carbons (Fsp3) is 0.190. The molecule has 0 atom stereocenters. The summed E-state index contributed by atoms with van der Waals surface area (Å²) < 4.78 is 0. The molecule has 0 saturated heterocycles. The van der Waals surface area contributed by atoms with Gasteiger partial charge in [0.1, 0.15) is 5.82 Å². The molecule has 5 nitrogen and oxygen atoms in total. The molecule has 1 aromatic heterocycles. The Morgan fingerprint density at radius 3 is 2.52 bits per heavy atom. The highest BCUT2D eigenvalue weighted by atomic mass is 35.5. The lowest BCUT2D eigenvalue weighted by Crippen LogP contribution is -2.16. The highest BCUT2D eigenvalue weighted by molar-refractivity contribution is 6.30. The number of hydrogen-bond acceptors (Lipinski definition) is 4. The molecule has 2 N–H and O–H groups in total. The minimum atomic E-state index is -0.111. The van der Waals surface area contributed by atoms with Crippen LogP contribution in [-0.2, 0) is 17.6 Å². The van der Waals surface area contributed by atoms with Crippen LogP contribution in [0.5, 0.6) is 0 Å². The molecule has 0 fully saturated rings. The largest absolute Gasteiger partial charge is 0.368 e. The van der Waals surface area contributed by atoms with Gasteiger partial charge in [-0.3, -0.25) is 4.79 Å². The number of hydrogen-bond donors (Lipinski definition) is 2. The quantitative estimate of drug-likeness (QED) is 0.642. The number of aromatic nitrogens is 2. The smallest absolute Gasteiger partial charge is 0.230 e. The van der Waals surface area contributed by atoms with Gasteiger partial charge in [0.05, 0.1) is 6.42 Å². The molecule has 0 aliphatic rings. The van der Waals surface area contributed by atoms with Crippen LogP contribution in [0, 0.1) is 6.92 Å². The molecular weight excluding hydrogens is 360 g/mol. The first kappa shape index (κ1) is 18.9. The van der Waals surface area contributed by atoms with E-state index >= 15 is 0 Å². The van der Waals surface area contributed by atoms with Crippen LogP contribution in [0.3, 0.4) is 0 Å². The second kappa shape index (κ2) is 9.14. The van der Waals surface area contributed by atoms with E-state index in [4.69, 9.17) is 11.6 Å². The fourth-order valence-corrected chi connectivity index (χ4v) is 2.90. The summed E-state index contributed by atoms with van der Waals surface area (Å²) in [6.45, 7) is 2.71. The first-order chi connectivity index (χ1) is 13.1. The zero-order valence-corrected chi connectivity index (χ0v) is 15.8. The summed E-state index contributed by atoms with van der Waals surface area (Å²) in [5.41, 5.74) is 3.25. The lowest BCUT2D eigenvalue weighted by atomic mass is 10.1. The Balaban J connectivity index is 1.48. The van der Waals surface area contributed by atoms with Gasteiger partial charge in [-0.1, -0.05) is 48.0 Å². The van der Waals surface area contributed by atoms with Gasteiger partial charge in [0.15, 0.2) is 5.82 Å². The summed E-state index contributed by atoms with van der Waals surface area (Å²) in [6, 6.07) is 19.1. The van der Waals surface area contributed by atoms with Crippen molar-refractivity contribution in [2.45, 2.75) is 19.8 Å². The topological polar surface area (TPSA) is 66.9 Å². The van der Waals surface area contributed by atoms with Crippen molar-refractivity contribution >= 4 is 29.1 Å². The highest BCUT2D eigenvalue weighted by Gasteiger charge is 2.07. The monoisotopic (exact) mass is 380 g/mol. The maximum Gasteiger partial charge on any atom is 0.230 e. The highest BCUT2D eigenvalue weighted by Crippen LogP contribution is 2.12. The average Bonchev–Trinajstić information content (AvgIpc) is 2.65. The molecule has 0 radical (unpaired) electrons. The molecular formula is C21H21ClN4O. The van der Waals surface area contributed by atoms with Crippen LogP contribution in [0.25, 0.3) is 0 Å². The Morgan fingerprint density at radius 2 is 1.78 bits per heavy atom. The third-order valence-corrected chi connectivity index (χ3v) is 4.39. The van der Waals surface area contributed by atoms with E-state index in [1.165, 1.54) is 0 Å². The van der Waals surface area contributed by atoms with Gasteiger partial charge in [-0.2, -0.15) is 0 Å². The standard InChI is InChI=1S/C21H21ClN4O/c1-15-5-2-3-7-17(15)14-21(27)24-20-10-9-19(25-26-20)23-12-11-16-6-4-8-18(22)13-16/h2-10,13H,11-12,14H2,1H3,(H,23,25)(H,24,26,27). The van der Waals surface area contributed by atoms with Crippen molar-refractivity contribution in [3.63, 3.8) is 0 Å². The van der Waals surface area contributed by atoms with E-state index in [0.717, 1.165) is 28.1 Å². The van der Waals surface area contributed by atoms with Gasteiger partial charge in [-0.05, 0) is 54.3 Å². The van der Waals surface area contributed by atoms with Crippen LogP contribution in [0.2, 0.25) is 5.02 Å². The molecule has 0 bridgehead atoms. The van der Waals surface area contributed by atoms with Gasteiger partial charge in [0.25, 0.3) is 0 Å². The van der Waals surface area contributed by atoms with Crippen molar-refractivity contribution in [2.24, 2.45) is 0 Å². The number of amides is 1. The van der Waals surface area contributed by atoms with Crippen LogP contribution in [0.1, 0.15) is 16.7 Å². The van der Waals surface area contributed by atoms with Crippen LogP contribution in [0.4, 0.5) is 11.6 Å². The molecule has 3 rings (SSSR count). The third-order valence-electron chi connectivity index (χ3n) is 4.15. The average molecular weight is 381 g/mol. The molecule has 6 heteroatoms. The maximum atomic E-state index is 12.2. The number of carbonyl (C=O) groups excluding carboxylic acids is 1. The Bertz CT molecular complexity index is 912. The van der Waals surface area contributed by atoms with Crippen molar-refractivity contribution < 1.29 is 4.79 Å². The summed E-state index contributed by atoms with van der Waals surface area (Å²) in [5.74, 6) is 0.989. The number of benzene rings is 2. The second-order valence-corrected chi connectivity index (χ2v) is 6.70. The van der Waals surface area contributed by atoms with Gasteiger partial charge in [-0.15, -0.1) is 10.2 Å². The summed E-state index contributed by atoms with van der Waals surface area (Å²) in [7, 11) is 0. The zero-order chi connectivity index (χ0) is 19.1. The predicted octanol–water partition coefficient (Wildman–Crippen LogP) is 4.27. The van der Waals surface area contributed by atoms with E-state index in [0.29, 0.717) is 24.6 Å². The number of rotatable bonds is 7. The summed E-state index contributed by atoms with van der Waals surface area (Å²) in [4.78, 5) is 12.2. The molecule has 0 spiro atoms. The first-order valence-corrected chi connectivity index (χ1v) is 9.14. The van der Waals surface area contributed by atoms with E-state index in [9.17, 15) is 4.79 Å². The van der Waals surface area contributed by atoms with Crippen molar-refractivity contribution in [1.29, 1.82) is 0 Å². The fourth-order valence-electron chi connectivity index (χ4n) is 2.69. The molecule has 3 aromatic rings. The predicted molar refractivity (Wildman–Crippen MR) is 109 cm³/mol. The number of nitrogens with zero attached hydrogens (tertiary/aromatic N) is 2. The number of anilines is 2. The van der Waals surface area contributed by atoms with Crippen LogP contribution in [0.15, 0.2) is 60.7 Å². The summed E-state index contributed by atoms with van der Waals surface area (Å²) >= 11 is 5.98. The number of carbonyl (C=O) groups is 1. The molecule has 2 aromatic carbocycles.